The first-order chi connectivity index (χ1) is 7.81. The number of nitrogens with zero attached hydrogens (tertiary/aromatic N) is 1. The van der Waals surface area contributed by atoms with E-state index < -0.39 is 0 Å². The molecule has 2 rings (SSSR count). The van der Waals surface area contributed by atoms with Crippen LogP contribution >= 0.6 is 0 Å². The van der Waals surface area contributed by atoms with E-state index in [0.29, 0.717) is 6.04 Å². The Morgan fingerprint density at radius 1 is 1.19 bits per heavy atom. The van der Waals surface area contributed by atoms with Crippen LogP contribution in [-0.4, -0.2) is 12.0 Å². The molecule has 0 saturated heterocycles. The Kier molecular flexibility index (Phi) is 3.94. The van der Waals surface area contributed by atoms with E-state index in [4.69, 9.17) is 0 Å². The monoisotopic (exact) mass is 218 g/mol. The highest BCUT2D eigenvalue weighted by atomic mass is 14.9. The zero-order valence-electron chi connectivity index (χ0n) is 10.3. The molecule has 0 aliphatic heterocycles. The predicted octanol–water partition coefficient (Wildman–Crippen LogP) is 3.17. The highest BCUT2D eigenvalue weighted by molar-refractivity contribution is 5.16. The van der Waals surface area contributed by atoms with Crippen LogP contribution in [0.1, 0.15) is 44.2 Å². The zero-order valence-corrected chi connectivity index (χ0v) is 10.3. The van der Waals surface area contributed by atoms with E-state index in [1.54, 1.807) is 0 Å². The Morgan fingerprint density at radius 2 is 1.81 bits per heavy atom. The van der Waals surface area contributed by atoms with E-state index in [1.165, 1.54) is 31.2 Å². The van der Waals surface area contributed by atoms with Gasteiger partial charge in [-0.1, -0.05) is 19.8 Å². The van der Waals surface area contributed by atoms with E-state index >= 15 is 0 Å². The van der Waals surface area contributed by atoms with Crippen LogP contribution in [0.25, 0.3) is 0 Å². The summed E-state index contributed by atoms with van der Waals surface area (Å²) in [6, 6.07) is 4.79. The molecule has 1 unspecified atom stereocenters. The molecule has 0 radical (unpaired) electrons. The van der Waals surface area contributed by atoms with Gasteiger partial charge >= 0.3 is 0 Å². The molecular formula is C14H22N2. The third-order valence-corrected chi connectivity index (χ3v) is 3.91. The topological polar surface area (TPSA) is 24.9 Å². The van der Waals surface area contributed by atoms with Gasteiger partial charge in [-0.05, 0) is 49.4 Å². The normalized spacial score (nSPS) is 27.6. The molecule has 1 heterocycles. The Labute approximate surface area is 98.5 Å². The SMILES string of the molecule is CNC(c1ccncc1)C1CCC(C)CC1. The first-order valence-electron chi connectivity index (χ1n) is 6.38. The third kappa shape index (κ3) is 2.62. The van der Waals surface area contributed by atoms with Crippen LogP contribution in [0.4, 0.5) is 0 Å². The van der Waals surface area contributed by atoms with Gasteiger partial charge in [-0.25, -0.2) is 0 Å². The van der Waals surface area contributed by atoms with E-state index in [2.05, 4.69) is 36.4 Å². The summed E-state index contributed by atoms with van der Waals surface area (Å²) in [4.78, 5) is 4.09. The zero-order chi connectivity index (χ0) is 11.4. The maximum absolute atomic E-state index is 4.09. The van der Waals surface area contributed by atoms with Crippen molar-refractivity contribution >= 4 is 0 Å². The van der Waals surface area contributed by atoms with Crippen LogP contribution in [0.5, 0.6) is 0 Å². The molecule has 1 aromatic heterocycles. The molecule has 1 aliphatic rings. The molecule has 1 aliphatic carbocycles. The predicted molar refractivity (Wildman–Crippen MR) is 67.2 cm³/mol. The molecule has 0 spiro atoms. The summed E-state index contributed by atoms with van der Waals surface area (Å²) in [6.45, 7) is 2.37. The molecule has 0 bridgehead atoms. The Balaban J connectivity index is 2.05. The van der Waals surface area contributed by atoms with Gasteiger partial charge < -0.3 is 5.32 Å². The number of pyridine rings is 1. The summed E-state index contributed by atoms with van der Waals surface area (Å²) in [5.74, 6) is 1.72. The quantitative estimate of drug-likeness (QED) is 0.843. The second-order valence-corrected chi connectivity index (χ2v) is 5.07. The van der Waals surface area contributed by atoms with Crippen LogP contribution in [0.3, 0.4) is 0 Å². The largest absolute Gasteiger partial charge is 0.313 e. The number of nitrogens with one attached hydrogen (secondary N) is 1. The van der Waals surface area contributed by atoms with Crippen molar-refractivity contribution in [1.82, 2.24) is 10.3 Å². The van der Waals surface area contributed by atoms with Crippen molar-refractivity contribution in [1.29, 1.82) is 0 Å². The first-order valence-corrected chi connectivity index (χ1v) is 6.38. The van der Waals surface area contributed by atoms with Crippen molar-refractivity contribution in [2.24, 2.45) is 11.8 Å². The van der Waals surface area contributed by atoms with Gasteiger partial charge in [0.05, 0.1) is 0 Å². The maximum Gasteiger partial charge on any atom is 0.0347 e. The maximum atomic E-state index is 4.09. The Hall–Kier alpha value is -0.890. The molecule has 88 valence electrons. The highest BCUT2D eigenvalue weighted by Gasteiger charge is 2.25. The van der Waals surface area contributed by atoms with Crippen molar-refractivity contribution in [2.45, 2.75) is 38.6 Å². The summed E-state index contributed by atoms with van der Waals surface area (Å²) in [7, 11) is 2.07. The van der Waals surface area contributed by atoms with Crippen molar-refractivity contribution < 1.29 is 0 Å². The minimum atomic E-state index is 0.510. The van der Waals surface area contributed by atoms with Gasteiger partial charge in [-0.3, -0.25) is 4.98 Å². The summed E-state index contributed by atoms with van der Waals surface area (Å²) in [6.07, 6.45) is 9.27. The van der Waals surface area contributed by atoms with Crippen molar-refractivity contribution in [3.63, 3.8) is 0 Å². The van der Waals surface area contributed by atoms with Crippen LogP contribution in [0.2, 0.25) is 0 Å². The standard InChI is InChI=1S/C14H22N2/c1-11-3-5-12(6-4-11)14(15-2)13-7-9-16-10-8-13/h7-12,14-15H,3-6H2,1-2H3. The van der Waals surface area contributed by atoms with Crippen molar-refractivity contribution in [2.75, 3.05) is 7.05 Å². The average Bonchev–Trinajstić information content (AvgIpc) is 2.34. The van der Waals surface area contributed by atoms with Crippen molar-refractivity contribution in [3.05, 3.63) is 30.1 Å². The fourth-order valence-corrected chi connectivity index (χ4v) is 2.86. The molecule has 2 nitrogen and oxygen atoms in total. The fraction of sp³-hybridized carbons (Fsp3) is 0.643. The molecule has 1 fully saturated rings. The van der Waals surface area contributed by atoms with Gasteiger partial charge in [0.1, 0.15) is 0 Å². The van der Waals surface area contributed by atoms with Crippen LogP contribution < -0.4 is 5.32 Å². The lowest BCUT2D eigenvalue weighted by molar-refractivity contribution is 0.238. The van der Waals surface area contributed by atoms with Crippen LogP contribution in [0, 0.1) is 11.8 Å². The van der Waals surface area contributed by atoms with Gasteiger partial charge in [0, 0.05) is 18.4 Å². The van der Waals surface area contributed by atoms with Crippen LogP contribution in [-0.2, 0) is 0 Å². The highest BCUT2D eigenvalue weighted by Crippen LogP contribution is 2.36. The molecule has 1 atom stereocenters. The van der Waals surface area contributed by atoms with Gasteiger partial charge in [0.25, 0.3) is 0 Å². The average molecular weight is 218 g/mol. The summed E-state index contributed by atoms with van der Waals surface area (Å²) in [5.41, 5.74) is 1.39. The molecule has 16 heavy (non-hydrogen) atoms. The number of rotatable bonds is 3. The molecule has 1 aromatic rings. The first kappa shape index (κ1) is 11.6. The van der Waals surface area contributed by atoms with Gasteiger partial charge in [0.15, 0.2) is 0 Å². The minimum absolute atomic E-state index is 0.510. The van der Waals surface area contributed by atoms with E-state index in [-0.39, 0.29) is 0 Å². The number of hydrogen-bond donors (Lipinski definition) is 1. The second-order valence-electron chi connectivity index (χ2n) is 5.07. The molecule has 0 amide bonds. The summed E-state index contributed by atoms with van der Waals surface area (Å²) in [5, 5.41) is 3.48. The fourth-order valence-electron chi connectivity index (χ4n) is 2.86. The lowest BCUT2D eigenvalue weighted by Gasteiger charge is -2.32. The molecule has 2 heteroatoms. The Morgan fingerprint density at radius 3 is 2.38 bits per heavy atom. The molecule has 0 aromatic carbocycles. The summed E-state index contributed by atoms with van der Waals surface area (Å²) >= 11 is 0. The lowest BCUT2D eigenvalue weighted by atomic mass is 9.77. The molecular weight excluding hydrogens is 196 g/mol. The second kappa shape index (κ2) is 5.44. The van der Waals surface area contributed by atoms with Gasteiger partial charge in [-0.2, -0.15) is 0 Å². The van der Waals surface area contributed by atoms with E-state index in [1.807, 2.05) is 12.4 Å². The van der Waals surface area contributed by atoms with Gasteiger partial charge in [-0.15, -0.1) is 0 Å². The Bertz CT molecular complexity index is 302. The minimum Gasteiger partial charge on any atom is -0.313 e. The third-order valence-electron chi connectivity index (χ3n) is 3.91. The van der Waals surface area contributed by atoms with Crippen molar-refractivity contribution in [3.8, 4) is 0 Å². The van der Waals surface area contributed by atoms with E-state index in [9.17, 15) is 0 Å². The molecule has 1 N–H and O–H groups in total. The number of aromatic nitrogens is 1. The smallest absolute Gasteiger partial charge is 0.0347 e. The van der Waals surface area contributed by atoms with Crippen LogP contribution in [0.15, 0.2) is 24.5 Å². The number of hydrogen-bond acceptors (Lipinski definition) is 2. The lowest BCUT2D eigenvalue weighted by Crippen LogP contribution is -2.28. The molecule has 1 saturated carbocycles. The summed E-state index contributed by atoms with van der Waals surface area (Å²) < 4.78 is 0. The van der Waals surface area contributed by atoms with Gasteiger partial charge in [0.2, 0.25) is 0 Å². The van der Waals surface area contributed by atoms with E-state index in [0.717, 1.165) is 11.8 Å².